The largest absolute Gasteiger partial charge is 0.374 e. The number of aryl methyl sites for hydroxylation is 1. The molecule has 2 aromatic rings. The molecule has 0 unspecified atom stereocenters. The zero-order valence-electron chi connectivity index (χ0n) is 12.9. The number of aromatic nitrogens is 1. The summed E-state index contributed by atoms with van der Waals surface area (Å²) in [5.41, 5.74) is 5.25. The Morgan fingerprint density at radius 2 is 2.29 bits per heavy atom. The van der Waals surface area contributed by atoms with E-state index in [1.807, 2.05) is 0 Å². The molecule has 0 spiro atoms. The molecule has 21 heavy (non-hydrogen) atoms. The second kappa shape index (κ2) is 6.58. The lowest BCUT2D eigenvalue weighted by Crippen LogP contribution is -2.24. The molecule has 0 atom stereocenters. The Bertz CT molecular complexity index is 606. The molecule has 1 aromatic carbocycles. The Labute approximate surface area is 131 Å². The van der Waals surface area contributed by atoms with Crippen LogP contribution in [-0.2, 0) is 13.0 Å². The molecular weight excluding hydrogens is 278 g/mol. The Kier molecular flexibility index (Phi) is 4.56. The van der Waals surface area contributed by atoms with Crippen molar-refractivity contribution in [1.29, 1.82) is 0 Å². The lowest BCUT2D eigenvalue weighted by Gasteiger charge is -2.27. The van der Waals surface area contributed by atoms with Crippen LogP contribution >= 0.6 is 11.3 Å². The molecule has 1 N–H and O–H groups in total. The van der Waals surface area contributed by atoms with Crippen molar-refractivity contribution in [3.05, 3.63) is 34.8 Å². The monoisotopic (exact) mass is 301 g/mol. The van der Waals surface area contributed by atoms with E-state index in [9.17, 15) is 0 Å². The molecule has 0 fully saturated rings. The molecule has 1 aliphatic heterocycles. The summed E-state index contributed by atoms with van der Waals surface area (Å²) < 4.78 is 0. The molecule has 0 bridgehead atoms. The molecule has 3 nitrogen and oxygen atoms in total. The highest BCUT2D eigenvalue weighted by molar-refractivity contribution is 7.13. The van der Waals surface area contributed by atoms with Crippen LogP contribution in [0.15, 0.2) is 23.6 Å². The molecular formula is C17H23N3S. The van der Waals surface area contributed by atoms with Crippen molar-refractivity contribution in [2.24, 2.45) is 0 Å². The third-order valence-corrected chi connectivity index (χ3v) is 4.90. The first-order valence-corrected chi connectivity index (χ1v) is 8.65. The van der Waals surface area contributed by atoms with Gasteiger partial charge in [-0.3, -0.25) is 0 Å². The highest BCUT2D eigenvalue weighted by atomic mass is 32.1. The Balaban J connectivity index is 1.78. The van der Waals surface area contributed by atoms with E-state index in [-0.39, 0.29) is 0 Å². The number of fused-ring (bicyclic) bond motifs is 1. The molecule has 1 aliphatic rings. The molecule has 0 radical (unpaired) electrons. The quantitative estimate of drug-likeness (QED) is 0.854. The smallest absolute Gasteiger partial charge is 0.123 e. The first-order valence-electron chi connectivity index (χ1n) is 7.77. The standard InChI is InChI=1S/C17H23N3S/c1-3-8-18-11-15-12-21-17(19-15)14-6-7-16-13(10-14)5-4-9-20(16)2/h6-7,10,12,18H,3-5,8-9,11H2,1-2H3. The Morgan fingerprint density at radius 3 is 3.14 bits per heavy atom. The molecule has 0 amide bonds. The van der Waals surface area contributed by atoms with Gasteiger partial charge in [-0.15, -0.1) is 11.3 Å². The molecule has 0 saturated heterocycles. The van der Waals surface area contributed by atoms with E-state index in [1.165, 1.54) is 29.7 Å². The zero-order valence-corrected chi connectivity index (χ0v) is 13.7. The van der Waals surface area contributed by atoms with Gasteiger partial charge in [-0.2, -0.15) is 0 Å². The Hall–Kier alpha value is -1.39. The number of hydrogen-bond acceptors (Lipinski definition) is 4. The third-order valence-electron chi connectivity index (χ3n) is 3.96. The summed E-state index contributed by atoms with van der Waals surface area (Å²) in [7, 11) is 2.18. The van der Waals surface area contributed by atoms with Gasteiger partial charge in [-0.1, -0.05) is 6.92 Å². The maximum Gasteiger partial charge on any atom is 0.123 e. The maximum atomic E-state index is 4.76. The second-order valence-electron chi connectivity index (χ2n) is 5.69. The van der Waals surface area contributed by atoms with E-state index in [0.717, 1.165) is 36.8 Å². The normalized spacial score (nSPS) is 14.3. The number of hydrogen-bond donors (Lipinski definition) is 1. The number of nitrogens with one attached hydrogen (secondary N) is 1. The highest BCUT2D eigenvalue weighted by Crippen LogP contribution is 2.32. The van der Waals surface area contributed by atoms with Gasteiger partial charge in [0.2, 0.25) is 0 Å². The summed E-state index contributed by atoms with van der Waals surface area (Å²) in [4.78, 5) is 7.11. The number of benzene rings is 1. The fourth-order valence-corrected chi connectivity index (χ4v) is 3.65. The number of thiazole rings is 1. The van der Waals surface area contributed by atoms with E-state index < -0.39 is 0 Å². The van der Waals surface area contributed by atoms with Gasteiger partial charge in [-0.05, 0) is 49.6 Å². The first kappa shape index (κ1) is 14.5. The number of anilines is 1. The van der Waals surface area contributed by atoms with Crippen molar-refractivity contribution in [3.63, 3.8) is 0 Å². The van der Waals surface area contributed by atoms with Crippen molar-refractivity contribution in [2.75, 3.05) is 25.0 Å². The minimum atomic E-state index is 0.873. The van der Waals surface area contributed by atoms with E-state index in [4.69, 9.17) is 4.98 Å². The van der Waals surface area contributed by atoms with Gasteiger partial charge < -0.3 is 10.2 Å². The predicted octanol–water partition coefficient (Wildman–Crippen LogP) is 3.69. The molecule has 0 aliphatic carbocycles. The fourth-order valence-electron chi connectivity index (χ4n) is 2.83. The summed E-state index contributed by atoms with van der Waals surface area (Å²) in [6.45, 7) is 5.27. The summed E-state index contributed by atoms with van der Waals surface area (Å²) in [6, 6.07) is 6.79. The summed E-state index contributed by atoms with van der Waals surface area (Å²) in [5.74, 6) is 0. The molecule has 4 heteroatoms. The maximum absolute atomic E-state index is 4.76. The van der Waals surface area contributed by atoms with Crippen molar-refractivity contribution in [1.82, 2.24) is 10.3 Å². The minimum Gasteiger partial charge on any atom is -0.374 e. The van der Waals surface area contributed by atoms with Crippen LogP contribution < -0.4 is 10.2 Å². The van der Waals surface area contributed by atoms with Crippen LogP contribution in [0.3, 0.4) is 0 Å². The lowest BCUT2D eigenvalue weighted by atomic mass is 10.00. The second-order valence-corrected chi connectivity index (χ2v) is 6.55. The van der Waals surface area contributed by atoms with E-state index >= 15 is 0 Å². The van der Waals surface area contributed by atoms with E-state index in [1.54, 1.807) is 11.3 Å². The van der Waals surface area contributed by atoms with Gasteiger partial charge in [0.05, 0.1) is 5.69 Å². The van der Waals surface area contributed by atoms with Crippen LogP contribution in [0.1, 0.15) is 31.0 Å². The van der Waals surface area contributed by atoms with Crippen LogP contribution in [-0.4, -0.2) is 25.1 Å². The van der Waals surface area contributed by atoms with Gasteiger partial charge in [0, 0.05) is 36.8 Å². The average Bonchev–Trinajstić information content (AvgIpc) is 2.96. The van der Waals surface area contributed by atoms with E-state index in [2.05, 4.69) is 47.8 Å². The number of rotatable bonds is 5. The lowest BCUT2D eigenvalue weighted by molar-refractivity contribution is 0.667. The first-order chi connectivity index (χ1) is 10.3. The van der Waals surface area contributed by atoms with Gasteiger partial charge in [-0.25, -0.2) is 4.98 Å². The van der Waals surface area contributed by atoms with Gasteiger partial charge >= 0.3 is 0 Å². The predicted molar refractivity (Wildman–Crippen MR) is 91.1 cm³/mol. The molecule has 2 heterocycles. The Morgan fingerprint density at radius 1 is 1.38 bits per heavy atom. The van der Waals surface area contributed by atoms with Crippen LogP contribution in [0, 0.1) is 0 Å². The number of nitrogens with zero attached hydrogens (tertiary/aromatic N) is 2. The van der Waals surface area contributed by atoms with Crippen LogP contribution in [0.5, 0.6) is 0 Å². The molecule has 3 rings (SSSR count). The summed E-state index contributed by atoms with van der Waals surface area (Å²) in [5, 5.41) is 6.72. The van der Waals surface area contributed by atoms with Crippen molar-refractivity contribution in [3.8, 4) is 10.6 Å². The van der Waals surface area contributed by atoms with Crippen LogP contribution in [0.25, 0.3) is 10.6 Å². The highest BCUT2D eigenvalue weighted by Gasteiger charge is 2.15. The topological polar surface area (TPSA) is 28.2 Å². The third kappa shape index (κ3) is 3.27. The van der Waals surface area contributed by atoms with Gasteiger partial charge in [0.1, 0.15) is 5.01 Å². The summed E-state index contributed by atoms with van der Waals surface area (Å²) >= 11 is 1.75. The van der Waals surface area contributed by atoms with Gasteiger partial charge in [0.15, 0.2) is 0 Å². The summed E-state index contributed by atoms with van der Waals surface area (Å²) in [6.07, 6.45) is 3.59. The van der Waals surface area contributed by atoms with Gasteiger partial charge in [0.25, 0.3) is 0 Å². The van der Waals surface area contributed by atoms with Crippen LogP contribution in [0.4, 0.5) is 5.69 Å². The molecule has 0 saturated carbocycles. The SMILES string of the molecule is CCCNCc1csc(-c2ccc3c(c2)CCCN3C)n1. The minimum absolute atomic E-state index is 0.873. The fraction of sp³-hybridized carbons (Fsp3) is 0.471. The average molecular weight is 301 g/mol. The van der Waals surface area contributed by atoms with E-state index in [0.29, 0.717) is 0 Å². The van der Waals surface area contributed by atoms with Crippen LogP contribution in [0.2, 0.25) is 0 Å². The zero-order chi connectivity index (χ0) is 14.7. The van der Waals surface area contributed by atoms with Crippen molar-refractivity contribution < 1.29 is 0 Å². The van der Waals surface area contributed by atoms with Crippen molar-refractivity contribution in [2.45, 2.75) is 32.7 Å². The van der Waals surface area contributed by atoms with Crippen molar-refractivity contribution >= 4 is 17.0 Å². The molecule has 1 aromatic heterocycles. The molecule has 112 valence electrons.